The number of hydrogen-bond donors (Lipinski definition) is 2. The van der Waals surface area contributed by atoms with Crippen molar-refractivity contribution in [2.75, 3.05) is 7.11 Å². The first kappa shape index (κ1) is 13.4. The second-order valence-electron chi connectivity index (χ2n) is 4.10. The Labute approximate surface area is 115 Å². The van der Waals surface area contributed by atoms with Crippen molar-refractivity contribution in [2.45, 2.75) is 13.0 Å². The normalized spacial score (nSPS) is 11.9. The van der Waals surface area contributed by atoms with E-state index in [-0.39, 0.29) is 17.7 Å². The highest BCUT2D eigenvalue weighted by molar-refractivity contribution is 7.10. The summed E-state index contributed by atoms with van der Waals surface area (Å²) in [5.74, 6) is 0.0839. The third-order valence-corrected chi connectivity index (χ3v) is 3.81. The molecule has 0 bridgehead atoms. The zero-order valence-corrected chi connectivity index (χ0v) is 11.5. The Hall–Kier alpha value is -2.01. The van der Waals surface area contributed by atoms with E-state index in [0.717, 1.165) is 4.88 Å². The van der Waals surface area contributed by atoms with Crippen LogP contribution in [0.5, 0.6) is 11.5 Å². The first-order chi connectivity index (χ1) is 9.11. The molecule has 5 heteroatoms. The van der Waals surface area contributed by atoms with Gasteiger partial charge in [0.2, 0.25) is 0 Å². The molecule has 0 spiro atoms. The summed E-state index contributed by atoms with van der Waals surface area (Å²) in [6.45, 7) is 1.92. The van der Waals surface area contributed by atoms with Crippen molar-refractivity contribution in [1.29, 1.82) is 0 Å². The quantitative estimate of drug-likeness (QED) is 0.903. The molecule has 1 amide bonds. The highest BCUT2D eigenvalue weighted by Crippen LogP contribution is 2.26. The molecule has 1 aromatic heterocycles. The first-order valence-electron chi connectivity index (χ1n) is 5.83. The number of rotatable bonds is 4. The maximum absolute atomic E-state index is 12.0. The monoisotopic (exact) mass is 277 g/mol. The summed E-state index contributed by atoms with van der Waals surface area (Å²) >= 11 is 1.59. The Morgan fingerprint density at radius 1 is 1.42 bits per heavy atom. The predicted molar refractivity (Wildman–Crippen MR) is 74.9 cm³/mol. The lowest BCUT2D eigenvalue weighted by Gasteiger charge is -2.12. The molecule has 0 aliphatic carbocycles. The Bertz CT molecular complexity index is 566. The van der Waals surface area contributed by atoms with Gasteiger partial charge in [-0.15, -0.1) is 11.3 Å². The molecular formula is C14H15NO3S. The Kier molecular flexibility index (Phi) is 4.06. The van der Waals surface area contributed by atoms with Crippen LogP contribution in [-0.4, -0.2) is 18.1 Å². The third kappa shape index (κ3) is 3.06. The fraction of sp³-hybridized carbons (Fsp3) is 0.214. The van der Waals surface area contributed by atoms with Gasteiger partial charge in [0.15, 0.2) is 11.5 Å². The van der Waals surface area contributed by atoms with Crippen molar-refractivity contribution in [2.24, 2.45) is 0 Å². The lowest BCUT2D eigenvalue weighted by Crippen LogP contribution is -2.26. The van der Waals surface area contributed by atoms with Gasteiger partial charge in [-0.25, -0.2) is 0 Å². The van der Waals surface area contributed by atoms with Crippen molar-refractivity contribution in [1.82, 2.24) is 5.32 Å². The van der Waals surface area contributed by atoms with Gasteiger partial charge >= 0.3 is 0 Å². The van der Waals surface area contributed by atoms with E-state index in [4.69, 9.17) is 4.74 Å². The SMILES string of the molecule is COc1ccc(C(=O)NC(C)c2cccs2)cc1O. The van der Waals surface area contributed by atoms with Crippen molar-refractivity contribution < 1.29 is 14.6 Å². The molecule has 0 radical (unpaired) electrons. The summed E-state index contributed by atoms with van der Waals surface area (Å²) < 4.78 is 4.94. The fourth-order valence-corrected chi connectivity index (χ4v) is 2.45. The van der Waals surface area contributed by atoms with Crippen LogP contribution in [-0.2, 0) is 0 Å². The van der Waals surface area contributed by atoms with E-state index in [1.807, 2.05) is 24.4 Å². The second kappa shape index (κ2) is 5.75. The molecule has 1 atom stereocenters. The Morgan fingerprint density at radius 3 is 2.79 bits per heavy atom. The van der Waals surface area contributed by atoms with Crippen LogP contribution in [0.1, 0.15) is 28.2 Å². The molecule has 1 heterocycles. The number of nitrogens with one attached hydrogen (secondary N) is 1. The molecule has 1 aromatic carbocycles. The number of phenols is 1. The van der Waals surface area contributed by atoms with Crippen LogP contribution in [0.3, 0.4) is 0 Å². The minimum absolute atomic E-state index is 0.0427. The molecule has 100 valence electrons. The second-order valence-corrected chi connectivity index (χ2v) is 5.08. The van der Waals surface area contributed by atoms with E-state index in [1.54, 1.807) is 23.5 Å². The number of benzene rings is 1. The van der Waals surface area contributed by atoms with E-state index in [9.17, 15) is 9.90 Å². The van der Waals surface area contributed by atoms with E-state index in [0.29, 0.717) is 11.3 Å². The van der Waals surface area contributed by atoms with Gasteiger partial charge in [-0.2, -0.15) is 0 Å². The molecular weight excluding hydrogens is 262 g/mol. The zero-order valence-electron chi connectivity index (χ0n) is 10.7. The van der Waals surface area contributed by atoms with Crippen LogP contribution < -0.4 is 10.1 Å². The van der Waals surface area contributed by atoms with Crippen LogP contribution in [0.4, 0.5) is 0 Å². The van der Waals surface area contributed by atoms with Crippen molar-refractivity contribution in [3.8, 4) is 11.5 Å². The summed E-state index contributed by atoms with van der Waals surface area (Å²) in [4.78, 5) is 13.1. The summed E-state index contributed by atoms with van der Waals surface area (Å²) in [6.07, 6.45) is 0. The average molecular weight is 277 g/mol. The number of amides is 1. The van der Waals surface area contributed by atoms with Crippen molar-refractivity contribution >= 4 is 17.2 Å². The van der Waals surface area contributed by atoms with Crippen LogP contribution in [0.25, 0.3) is 0 Å². The molecule has 2 aromatic rings. The maximum Gasteiger partial charge on any atom is 0.251 e. The topological polar surface area (TPSA) is 58.6 Å². The molecule has 19 heavy (non-hydrogen) atoms. The lowest BCUT2D eigenvalue weighted by atomic mass is 10.1. The number of methoxy groups -OCH3 is 1. The number of carbonyl (C=O) groups is 1. The van der Waals surface area contributed by atoms with Gasteiger partial charge < -0.3 is 15.2 Å². The van der Waals surface area contributed by atoms with Crippen LogP contribution in [0.15, 0.2) is 35.7 Å². The van der Waals surface area contributed by atoms with Crippen LogP contribution in [0.2, 0.25) is 0 Å². The van der Waals surface area contributed by atoms with Gasteiger partial charge in [-0.05, 0) is 36.6 Å². The molecule has 2 N–H and O–H groups in total. The molecule has 0 aliphatic rings. The van der Waals surface area contributed by atoms with E-state index < -0.39 is 0 Å². The summed E-state index contributed by atoms with van der Waals surface area (Å²) in [5, 5.41) is 14.5. The van der Waals surface area contributed by atoms with E-state index in [1.165, 1.54) is 13.2 Å². The largest absolute Gasteiger partial charge is 0.504 e. The molecule has 2 rings (SSSR count). The van der Waals surface area contributed by atoms with Gasteiger partial charge in [-0.3, -0.25) is 4.79 Å². The summed E-state index contributed by atoms with van der Waals surface area (Å²) in [5.41, 5.74) is 0.404. The highest BCUT2D eigenvalue weighted by Gasteiger charge is 2.13. The van der Waals surface area contributed by atoms with Crippen molar-refractivity contribution in [3.63, 3.8) is 0 Å². The van der Waals surface area contributed by atoms with Gasteiger partial charge in [0.25, 0.3) is 5.91 Å². The van der Waals surface area contributed by atoms with E-state index >= 15 is 0 Å². The fourth-order valence-electron chi connectivity index (χ4n) is 1.72. The predicted octanol–water partition coefficient (Wildman–Crippen LogP) is 2.95. The third-order valence-electron chi connectivity index (χ3n) is 2.76. The van der Waals surface area contributed by atoms with Gasteiger partial charge in [0.05, 0.1) is 13.2 Å². The minimum atomic E-state index is -0.223. The average Bonchev–Trinajstić information content (AvgIpc) is 2.92. The molecule has 0 saturated carbocycles. The Morgan fingerprint density at radius 2 is 2.21 bits per heavy atom. The number of aromatic hydroxyl groups is 1. The molecule has 0 fully saturated rings. The number of ether oxygens (including phenoxy) is 1. The molecule has 1 unspecified atom stereocenters. The summed E-state index contributed by atoms with van der Waals surface area (Å²) in [6, 6.07) is 8.45. The molecule has 0 aliphatic heterocycles. The summed E-state index contributed by atoms with van der Waals surface area (Å²) in [7, 11) is 1.47. The number of carbonyl (C=O) groups excluding carboxylic acids is 1. The number of phenolic OH excluding ortho intramolecular Hbond substituents is 1. The van der Waals surface area contributed by atoms with Crippen LogP contribution in [0, 0.1) is 0 Å². The number of thiophene rings is 1. The minimum Gasteiger partial charge on any atom is -0.504 e. The standard InChI is InChI=1S/C14H15NO3S/c1-9(13-4-3-7-19-13)15-14(17)10-5-6-12(18-2)11(16)8-10/h3-9,16H,1-2H3,(H,15,17). The van der Waals surface area contributed by atoms with Gasteiger partial charge in [-0.1, -0.05) is 6.07 Å². The molecule has 0 saturated heterocycles. The maximum atomic E-state index is 12.0. The smallest absolute Gasteiger partial charge is 0.251 e. The van der Waals surface area contributed by atoms with Gasteiger partial charge in [0.1, 0.15) is 0 Å². The van der Waals surface area contributed by atoms with E-state index in [2.05, 4.69) is 5.32 Å². The zero-order chi connectivity index (χ0) is 13.8. The van der Waals surface area contributed by atoms with Crippen molar-refractivity contribution in [3.05, 3.63) is 46.2 Å². The van der Waals surface area contributed by atoms with Crippen LogP contribution >= 0.6 is 11.3 Å². The lowest BCUT2D eigenvalue weighted by molar-refractivity contribution is 0.0940. The molecule has 4 nitrogen and oxygen atoms in total. The Balaban J connectivity index is 2.10. The highest BCUT2D eigenvalue weighted by atomic mass is 32.1. The van der Waals surface area contributed by atoms with Gasteiger partial charge in [0, 0.05) is 10.4 Å². The number of hydrogen-bond acceptors (Lipinski definition) is 4. The first-order valence-corrected chi connectivity index (χ1v) is 6.71.